The third kappa shape index (κ3) is 8.87. The van der Waals surface area contributed by atoms with Crippen LogP contribution >= 0.6 is 0 Å². The number of allylic oxidation sites excluding steroid dienone is 10. The first-order valence-electron chi connectivity index (χ1n) is 11.4. The van der Waals surface area contributed by atoms with Crippen LogP contribution in [0, 0.1) is 0 Å². The van der Waals surface area contributed by atoms with Gasteiger partial charge in [-0.05, 0) is 50.0 Å². The minimum atomic E-state index is 0. The van der Waals surface area contributed by atoms with Gasteiger partial charge in [-0.15, -0.1) is 0 Å². The molecule has 2 saturated carbocycles. The molecule has 4 nitrogen and oxygen atoms in total. The van der Waals surface area contributed by atoms with E-state index in [1.165, 1.54) is 64.2 Å². The fourth-order valence-electron chi connectivity index (χ4n) is 4.15. The van der Waals surface area contributed by atoms with Gasteiger partial charge in [-0.3, -0.25) is 9.59 Å². The van der Waals surface area contributed by atoms with Gasteiger partial charge in [0, 0.05) is 52.1 Å². The zero-order valence-electron chi connectivity index (χ0n) is 18.1. The van der Waals surface area contributed by atoms with Crippen molar-refractivity contribution in [3.63, 3.8) is 0 Å². The number of carbonyl (C=O) groups excluding carboxylic acids is 2. The van der Waals surface area contributed by atoms with Gasteiger partial charge in [-0.1, -0.05) is 62.8 Å². The number of hydrogen-bond donors (Lipinski definition) is 2. The summed E-state index contributed by atoms with van der Waals surface area (Å²) in [5, 5.41) is 6.71. The molecule has 0 aromatic rings. The number of ketones is 2. The molecule has 5 heteroatoms. The first-order chi connectivity index (χ1) is 14.7. The van der Waals surface area contributed by atoms with Gasteiger partial charge in [0.1, 0.15) is 0 Å². The summed E-state index contributed by atoms with van der Waals surface area (Å²) in [4.78, 5) is 22.8. The minimum absolute atomic E-state index is 0. The molecule has 4 rings (SSSR count). The predicted molar refractivity (Wildman–Crippen MR) is 123 cm³/mol. The maximum absolute atomic E-state index is 11.4. The van der Waals surface area contributed by atoms with Gasteiger partial charge >= 0.3 is 0 Å². The Hall–Kier alpha value is -2.13. The van der Waals surface area contributed by atoms with Crippen molar-refractivity contribution in [2.45, 2.75) is 76.3 Å². The number of nitrogens with one attached hydrogen (secondary N) is 2. The van der Waals surface area contributed by atoms with Gasteiger partial charge in [0.15, 0.2) is 11.6 Å². The Balaban J connectivity index is 0.000000213. The van der Waals surface area contributed by atoms with E-state index in [4.69, 9.17) is 0 Å². The Labute approximate surface area is 196 Å². The van der Waals surface area contributed by atoms with E-state index in [0.29, 0.717) is 12.1 Å². The maximum atomic E-state index is 11.4. The molecule has 0 spiro atoms. The van der Waals surface area contributed by atoms with Crippen LogP contribution < -0.4 is 10.6 Å². The molecule has 0 unspecified atom stereocenters. The van der Waals surface area contributed by atoms with Crippen molar-refractivity contribution in [1.29, 1.82) is 0 Å². The molecule has 0 bridgehead atoms. The third-order valence-corrected chi connectivity index (χ3v) is 6.00. The summed E-state index contributed by atoms with van der Waals surface area (Å²) in [5.41, 5.74) is 1.53. The SMILES string of the molecule is O=C1C=CC=CC1=CNC1CCCCC1.O=C1C=CC=CC1=CNC1CCCCC1.[Ni]. The standard InChI is InChI=1S/2C13H17NO.Ni/c2*15-13-9-5-4-6-11(13)10-14-12-7-2-1-3-8-12;/h2*4-6,9-10,12,14H,1-3,7-8H2;. The first kappa shape index (κ1) is 25.1. The van der Waals surface area contributed by atoms with Crippen LogP contribution in [0.2, 0.25) is 0 Å². The Bertz CT molecular complexity index is 711. The predicted octanol–water partition coefficient (Wildman–Crippen LogP) is 4.97. The summed E-state index contributed by atoms with van der Waals surface area (Å²) in [5.74, 6) is 0.196. The summed E-state index contributed by atoms with van der Waals surface area (Å²) in [6, 6.07) is 1.14. The van der Waals surface area contributed by atoms with Gasteiger partial charge < -0.3 is 10.6 Å². The zero-order valence-corrected chi connectivity index (χ0v) is 19.1. The van der Waals surface area contributed by atoms with Crippen LogP contribution in [-0.2, 0) is 26.1 Å². The summed E-state index contributed by atoms with van der Waals surface area (Å²) < 4.78 is 0. The van der Waals surface area contributed by atoms with Crippen molar-refractivity contribution in [2.24, 2.45) is 0 Å². The largest absolute Gasteiger partial charge is 0.388 e. The maximum Gasteiger partial charge on any atom is 0.187 e. The van der Waals surface area contributed by atoms with E-state index in [-0.39, 0.29) is 28.1 Å². The third-order valence-electron chi connectivity index (χ3n) is 6.00. The Morgan fingerprint density at radius 1 is 0.581 bits per heavy atom. The fraction of sp³-hybridized carbons (Fsp3) is 0.462. The minimum Gasteiger partial charge on any atom is -0.388 e. The molecule has 0 atom stereocenters. The number of rotatable bonds is 4. The Morgan fingerprint density at radius 2 is 0.935 bits per heavy atom. The summed E-state index contributed by atoms with van der Waals surface area (Å²) >= 11 is 0. The van der Waals surface area contributed by atoms with Crippen LogP contribution in [-0.4, -0.2) is 23.7 Å². The van der Waals surface area contributed by atoms with Crippen molar-refractivity contribution in [3.8, 4) is 0 Å². The van der Waals surface area contributed by atoms with E-state index >= 15 is 0 Å². The quantitative estimate of drug-likeness (QED) is 0.455. The number of hydrogen-bond acceptors (Lipinski definition) is 4. The zero-order chi connectivity index (χ0) is 21.0. The molecule has 170 valence electrons. The fourth-order valence-corrected chi connectivity index (χ4v) is 4.15. The van der Waals surface area contributed by atoms with Crippen LogP contribution in [0.4, 0.5) is 0 Å². The van der Waals surface area contributed by atoms with Crippen molar-refractivity contribution in [3.05, 3.63) is 72.2 Å². The smallest absolute Gasteiger partial charge is 0.187 e. The van der Waals surface area contributed by atoms with Crippen LogP contribution in [0.3, 0.4) is 0 Å². The van der Waals surface area contributed by atoms with Crippen LogP contribution in [0.25, 0.3) is 0 Å². The molecule has 0 aromatic heterocycles. The molecule has 0 radical (unpaired) electrons. The Kier molecular flexibility index (Phi) is 11.4. The number of carbonyl (C=O) groups is 2. The second-order valence-corrected chi connectivity index (χ2v) is 8.37. The van der Waals surface area contributed by atoms with Crippen LogP contribution in [0.1, 0.15) is 64.2 Å². The molecule has 0 aromatic carbocycles. The van der Waals surface area contributed by atoms with Crippen molar-refractivity contribution in [2.75, 3.05) is 0 Å². The average Bonchev–Trinajstić information content (AvgIpc) is 2.80. The second kappa shape index (κ2) is 14.0. The summed E-state index contributed by atoms with van der Waals surface area (Å²) in [6.07, 6.45) is 30.9. The normalized spacial score (nSPS) is 24.0. The van der Waals surface area contributed by atoms with Crippen molar-refractivity contribution >= 4 is 11.6 Å². The monoisotopic (exact) mass is 464 g/mol. The molecule has 0 saturated heterocycles. The van der Waals surface area contributed by atoms with Gasteiger partial charge in [0.2, 0.25) is 0 Å². The molecule has 0 amide bonds. The molecule has 4 aliphatic carbocycles. The molecule has 0 aliphatic heterocycles. The summed E-state index contributed by atoms with van der Waals surface area (Å²) in [6.45, 7) is 0. The molecule has 0 heterocycles. The van der Waals surface area contributed by atoms with Crippen LogP contribution in [0.5, 0.6) is 0 Å². The van der Waals surface area contributed by atoms with Gasteiger partial charge in [-0.25, -0.2) is 0 Å². The van der Waals surface area contributed by atoms with E-state index in [9.17, 15) is 9.59 Å². The Morgan fingerprint density at radius 3 is 1.29 bits per heavy atom. The van der Waals surface area contributed by atoms with E-state index in [1.807, 2.05) is 36.7 Å². The average molecular weight is 465 g/mol. The first-order valence-corrected chi connectivity index (χ1v) is 11.4. The van der Waals surface area contributed by atoms with E-state index < -0.39 is 0 Å². The molecular formula is C26H34N2NiO2. The molecule has 4 aliphatic rings. The summed E-state index contributed by atoms with van der Waals surface area (Å²) in [7, 11) is 0. The van der Waals surface area contributed by atoms with E-state index in [0.717, 1.165) is 11.1 Å². The molecular weight excluding hydrogens is 431 g/mol. The topological polar surface area (TPSA) is 58.2 Å². The van der Waals surface area contributed by atoms with Crippen molar-refractivity contribution in [1.82, 2.24) is 10.6 Å². The van der Waals surface area contributed by atoms with E-state index in [2.05, 4.69) is 10.6 Å². The van der Waals surface area contributed by atoms with Gasteiger partial charge in [-0.2, -0.15) is 0 Å². The van der Waals surface area contributed by atoms with Crippen LogP contribution in [0.15, 0.2) is 72.2 Å². The molecule has 31 heavy (non-hydrogen) atoms. The second-order valence-electron chi connectivity index (χ2n) is 8.37. The molecule has 2 N–H and O–H groups in total. The van der Waals surface area contributed by atoms with E-state index in [1.54, 1.807) is 24.3 Å². The molecule has 2 fully saturated rings. The van der Waals surface area contributed by atoms with Gasteiger partial charge in [0.25, 0.3) is 0 Å². The van der Waals surface area contributed by atoms with Gasteiger partial charge in [0.05, 0.1) is 0 Å². The van der Waals surface area contributed by atoms with Crippen molar-refractivity contribution < 1.29 is 26.1 Å².